The standard InChI is InChI=1S/C13H20N2O4S/c1-8-11(13(16)17)15-9(2)12(8)20(18,19)14-7-6-10-4-3-5-10/h10,14-15H,3-7H2,1-2H3,(H,16,17). The third kappa shape index (κ3) is 2.88. The molecular weight excluding hydrogens is 280 g/mol. The van der Waals surface area contributed by atoms with Crippen LogP contribution in [0.2, 0.25) is 0 Å². The summed E-state index contributed by atoms with van der Waals surface area (Å²) in [4.78, 5) is 13.7. The minimum absolute atomic E-state index is 0.0588. The lowest BCUT2D eigenvalue weighted by Gasteiger charge is -2.25. The predicted molar refractivity (Wildman–Crippen MR) is 74.4 cm³/mol. The first-order chi connectivity index (χ1) is 9.33. The Bertz CT molecular complexity index is 615. The molecule has 0 bridgehead atoms. The van der Waals surface area contributed by atoms with Crippen molar-refractivity contribution in [1.29, 1.82) is 0 Å². The maximum atomic E-state index is 12.3. The van der Waals surface area contributed by atoms with Gasteiger partial charge >= 0.3 is 5.97 Å². The number of carbonyl (C=O) groups is 1. The summed E-state index contributed by atoms with van der Waals surface area (Å²) in [5, 5.41) is 9.01. The molecule has 3 N–H and O–H groups in total. The van der Waals surface area contributed by atoms with E-state index in [1.165, 1.54) is 26.2 Å². The lowest BCUT2D eigenvalue weighted by Crippen LogP contribution is -2.28. The van der Waals surface area contributed by atoms with E-state index in [2.05, 4.69) is 9.71 Å². The molecule has 20 heavy (non-hydrogen) atoms. The van der Waals surface area contributed by atoms with E-state index in [0.29, 0.717) is 18.2 Å². The van der Waals surface area contributed by atoms with Crippen LogP contribution >= 0.6 is 0 Å². The maximum Gasteiger partial charge on any atom is 0.352 e. The zero-order valence-electron chi connectivity index (χ0n) is 11.7. The van der Waals surface area contributed by atoms with Crippen molar-refractivity contribution < 1.29 is 18.3 Å². The zero-order chi connectivity index (χ0) is 14.9. The van der Waals surface area contributed by atoms with Crippen molar-refractivity contribution in [3.05, 3.63) is 17.0 Å². The zero-order valence-corrected chi connectivity index (χ0v) is 12.5. The van der Waals surface area contributed by atoms with Gasteiger partial charge in [0.2, 0.25) is 10.0 Å². The number of nitrogens with one attached hydrogen (secondary N) is 2. The number of aromatic carboxylic acids is 1. The van der Waals surface area contributed by atoms with Gasteiger partial charge in [-0.15, -0.1) is 0 Å². The lowest BCUT2D eigenvalue weighted by molar-refractivity contribution is 0.0690. The highest BCUT2D eigenvalue weighted by Crippen LogP contribution is 2.29. The summed E-state index contributed by atoms with van der Waals surface area (Å²) in [6.45, 7) is 3.48. The van der Waals surface area contributed by atoms with Gasteiger partial charge < -0.3 is 10.1 Å². The van der Waals surface area contributed by atoms with Gasteiger partial charge in [0, 0.05) is 17.8 Å². The summed E-state index contributed by atoms with van der Waals surface area (Å²) in [6, 6.07) is 0. The Morgan fingerprint density at radius 1 is 1.40 bits per heavy atom. The molecule has 1 fully saturated rings. The average molecular weight is 300 g/mol. The van der Waals surface area contributed by atoms with Crippen LogP contribution in [0.25, 0.3) is 0 Å². The largest absolute Gasteiger partial charge is 0.477 e. The van der Waals surface area contributed by atoms with Crippen molar-refractivity contribution in [2.75, 3.05) is 6.54 Å². The molecule has 6 nitrogen and oxygen atoms in total. The minimum Gasteiger partial charge on any atom is -0.477 e. The molecule has 1 aromatic rings. The molecule has 0 saturated heterocycles. The van der Waals surface area contributed by atoms with E-state index in [0.717, 1.165) is 6.42 Å². The molecule has 1 aliphatic rings. The summed E-state index contributed by atoms with van der Waals surface area (Å²) >= 11 is 0. The van der Waals surface area contributed by atoms with Gasteiger partial charge in [-0.25, -0.2) is 17.9 Å². The van der Waals surface area contributed by atoms with Crippen molar-refractivity contribution in [3.63, 3.8) is 0 Å². The van der Waals surface area contributed by atoms with E-state index in [1.807, 2.05) is 0 Å². The van der Waals surface area contributed by atoms with E-state index < -0.39 is 16.0 Å². The number of aromatic amines is 1. The van der Waals surface area contributed by atoms with E-state index in [1.54, 1.807) is 6.92 Å². The first kappa shape index (κ1) is 15.1. The molecule has 0 amide bonds. The molecule has 7 heteroatoms. The number of hydrogen-bond donors (Lipinski definition) is 3. The molecule has 0 aliphatic heterocycles. The molecule has 1 aliphatic carbocycles. The summed E-state index contributed by atoms with van der Waals surface area (Å²) in [6.07, 6.45) is 4.42. The third-order valence-electron chi connectivity index (χ3n) is 3.92. The second kappa shape index (κ2) is 5.57. The molecule has 0 spiro atoms. The molecule has 112 valence electrons. The SMILES string of the molecule is Cc1[nH]c(C(=O)O)c(C)c1S(=O)(=O)NCCC1CCC1. The normalized spacial score (nSPS) is 16.1. The number of aromatic nitrogens is 1. The fourth-order valence-electron chi connectivity index (χ4n) is 2.60. The number of carboxylic acids is 1. The van der Waals surface area contributed by atoms with Crippen LogP contribution in [-0.4, -0.2) is 31.0 Å². The van der Waals surface area contributed by atoms with Gasteiger partial charge in [0.25, 0.3) is 0 Å². The Morgan fingerprint density at radius 3 is 2.50 bits per heavy atom. The van der Waals surface area contributed by atoms with Crippen LogP contribution in [-0.2, 0) is 10.0 Å². The molecule has 1 saturated carbocycles. The molecule has 2 rings (SSSR count). The summed E-state index contributed by atoms with van der Waals surface area (Å²) < 4.78 is 27.1. The number of rotatable bonds is 6. The smallest absolute Gasteiger partial charge is 0.352 e. The maximum absolute atomic E-state index is 12.3. The van der Waals surface area contributed by atoms with Crippen molar-refractivity contribution in [2.45, 2.75) is 44.4 Å². The second-order valence-corrected chi connectivity index (χ2v) is 7.07. The van der Waals surface area contributed by atoms with Crippen LogP contribution in [0.4, 0.5) is 0 Å². The average Bonchev–Trinajstić information content (AvgIpc) is 2.58. The van der Waals surface area contributed by atoms with Crippen LogP contribution in [0.5, 0.6) is 0 Å². The number of carboxylic acid groups (broad SMARTS) is 1. The van der Waals surface area contributed by atoms with Gasteiger partial charge in [-0.2, -0.15) is 0 Å². The fourth-order valence-corrected chi connectivity index (χ4v) is 4.09. The van der Waals surface area contributed by atoms with E-state index >= 15 is 0 Å². The van der Waals surface area contributed by atoms with Crippen molar-refractivity contribution in [3.8, 4) is 0 Å². The van der Waals surface area contributed by atoms with Crippen LogP contribution in [0.3, 0.4) is 0 Å². The molecule has 0 atom stereocenters. The van der Waals surface area contributed by atoms with Gasteiger partial charge in [-0.1, -0.05) is 19.3 Å². The van der Waals surface area contributed by atoms with Gasteiger partial charge in [-0.05, 0) is 26.2 Å². The van der Waals surface area contributed by atoms with Gasteiger partial charge in [-0.3, -0.25) is 0 Å². The van der Waals surface area contributed by atoms with E-state index in [9.17, 15) is 13.2 Å². The predicted octanol–water partition coefficient (Wildman–Crippen LogP) is 1.80. The van der Waals surface area contributed by atoms with Crippen LogP contribution in [0, 0.1) is 19.8 Å². The summed E-state index contributed by atoms with van der Waals surface area (Å²) in [7, 11) is -3.66. The number of sulfonamides is 1. The minimum atomic E-state index is -3.66. The first-order valence-corrected chi connectivity index (χ1v) is 8.23. The first-order valence-electron chi connectivity index (χ1n) is 6.75. The third-order valence-corrected chi connectivity index (χ3v) is 5.65. The molecule has 1 heterocycles. The topological polar surface area (TPSA) is 99.3 Å². The van der Waals surface area contributed by atoms with E-state index in [-0.39, 0.29) is 16.2 Å². The molecule has 0 unspecified atom stereocenters. The second-order valence-electron chi connectivity index (χ2n) is 5.37. The quantitative estimate of drug-likeness (QED) is 0.746. The van der Waals surface area contributed by atoms with Crippen LogP contribution in [0.1, 0.15) is 47.4 Å². The molecule has 1 aromatic heterocycles. The highest BCUT2D eigenvalue weighted by Gasteiger charge is 2.26. The van der Waals surface area contributed by atoms with E-state index in [4.69, 9.17) is 5.11 Å². The van der Waals surface area contributed by atoms with Gasteiger partial charge in [0.15, 0.2) is 0 Å². The van der Waals surface area contributed by atoms with Crippen molar-refractivity contribution in [2.24, 2.45) is 5.92 Å². The molecular formula is C13H20N2O4S. The van der Waals surface area contributed by atoms with Crippen LogP contribution in [0.15, 0.2) is 4.90 Å². The molecule has 0 radical (unpaired) electrons. The molecule has 0 aromatic carbocycles. The Hall–Kier alpha value is -1.34. The van der Waals surface area contributed by atoms with Crippen molar-refractivity contribution >= 4 is 16.0 Å². The van der Waals surface area contributed by atoms with Gasteiger partial charge in [0.1, 0.15) is 10.6 Å². The fraction of sp³-hybridized carbons (Fsp3) is 0.615. The highest BCUT2D eigenvalue weighted by atomic mass is 32.2. The Morgan fingerprint density at radius 2 is 2.05 bits per heavy atom. The summed E-state index contributed by atoms with van der Waals surface area (Å²) in [5.41, 5.74) is 0.545. The highest BCUT2D eigenvalue weighted by molar-refractivity contribution is 7.89. The number of H-pyrrole nitrogens is 1. The van der Waals surface area contributed by atoms with Crippen molar-refractivity contribution in [1.82, 2.24) is 9.71 Å². The Labute approximate surface area is 118 Å². The number of aryl methyl sites for hydroxylation is 1. The van der Waals surface area contributed by atoms with Crippen LogP contribution < -0.4 is 4.72 Å². The monoisotopic (exact) mass is 300 g/mol. The Kier molecular flexibility index (Phi) is 4.19. The van der Waals surface area contributed by atoms with Gasteiger partial charge in [0.05, 0.1) is 0 Å². The summed E-state index contributed by atoms with van der Waals surface area (Å²) in [5.74, 6) is -0.526. The Balaban J connectivity index is 2.14. The lowest BCUT2D eigenvalue weighted by atomic mass is 9.83. The number of hydrogen-bond acceptors (Lipinski definition) is 3.